The van der Waals surface area contributed by atoms with Crippen molar-refractivity contribution in [2.75, 3.05) is 6.67 Å². The maximum Gasteiger partial charge on any atom is 0.381 e. The summed E-state index contributed by atoms with van der Waals surface area (Å²) in [6.07, 6.45) is -0.587. The fourth-order valence-corrected chi connectivity index (χ4v) is 0.983. The van der Waals surface area contributed by atoms with E-state index in [1.54, 1.807) is 0 Å². The van der Waals surface area contributed by atoms with Crippen LogP contribution in [-0.4, -0.2) is 43.6 Å². The summed E-state index contributed by atoms with van der Waals surface area (Å²) in [7, 11) is 0. The van der Waals surface area contributed by atoms with Gasteiger partial charge in [-0.05, 0) is 9.91 Å². The second-order valence-electron chi connectivity index (χ2n) is 2.97. The van der Waals surface area contributed by atoms with Crippen molar-refractivity contribution in [3.05, 3.63) is 22.6 Å². The molecule has 2 unspecified atom stereocenters. The largest absolute Gasteiger partial charge is 0.388 e. The van der Waals surface area contributed by atoms with E-state index in [9.17, 15) is 19.6 Å². The van der Waals surface area contributed by atoms with Crippen molar-refractivity contribution in [2.45, 2.75) is 18.8 Å². The average Bonchev–Trinajstić information content (AvgIpc) is 2.65. The van der Waals surface area contributed by atoms with Crippen LogP contribution in [0.4, 0.5) is 10.2 Å². The van der Waals surface area contributed by atoms with Crippen molar-refractivity contribution >= 4 is 5.82 Å². The molecule has 7 nitrogen and oxygen atoms in total. The molecule has 0 bridgehead atoms. The summed E-state index contributed by atoms with van der Waals surface area (Å²) in [6.45, 7) is -1.22. The Morgan fingerprint density at radius 2 is 2.27 bits per heavy atom. The minimum atomic E-state index is -1.49. The van der Waals surface area contributed by atoms with Crippen LogP contribution >= 0.6 is 0 Å². The molecular weight excluding hydrogens is 208 g/mol. The number of nitro groups is 1. The van der Waals surface area contributed by atoms with Gasteiger partial charge in [-0.15, -0.1) is 0 Å². The molecule has 0 aliphatic carbocycles. The molecule has 1 aromatic rings. The summed E-state index contributed by atoms with van der Waals surface area (Å²) in [5.41, 5.74) is 0. The summed E-state index contributed by atoms with van der Waals surface area (Å²) < 4.78 is 13.1. The van der Waals surface area contributed by atoms with Crippen LogP contribution in [0.1, 0.15) is 0 Å². The molecule has 0 aliphatic rings. The molecule has 0 aliphatic heterocycles. The van der Waals surface area contributed by atoms with Crippen LogP contribution in [-0.2, 0) is 6.54 Å². The molecule has 0 fully saturated rings. The minimum Gasteiger partial charge on any atom is -0.388 e. The first kappa shape index (κ1) is 11.5. The number of nitrogens with zero attached hydrogens (tertiary/aromatic N) is 3. The Bertz CT molecular complexity index is 343. The Labute approximate surface area is 83.9 Å². The lowest BCUT2D eigenvalue weighted by Gasteiger charge is -2.13. The second-order valence-corrected chi connectivity index (χ2v) is 2.97. The summed E-state index contributed by atoms with van der Waals surface area (Å²) in [6, 6.07) is 0. The standard InChI is InChI=1S/C7H10FN3O4/c8-1-5(12)6(13)2-10-3-7(9-4-10)11(14)15/h3-6,12-13H,1-2H2/i8-1. The Balaban J connectivity index is 2.61. The monoisotopic (exact) mass is 218 g/mol. The molecule has 0 amide bonds. The van der Waals surface area contributed by atoms with Gasteiger partial charge in [-0.2, -0.15) is 0 Å². The quantitative estimate of drug-likeness (QED) is 0.511. The molecule has 15 heavy (non-hydrogen) atoms. The fraction of sp³-hybridized carbons (Fsp3) is 0.571. The highest BCUT2D eigenvalue weighted by Crippen LogP contribution is 2.07. The molecule has 0 radical (unpaired) electrons. The molecular formula is C7H10FN3O4. The van der Waals surface area contributed by atoms with Crippen molar-refractivity contribution in [3.63, 3.8) is 0 Å². The topological polar surface area (TPSA) is 101 Å². The highest BCUT2D eigenvalue weighted by Gasteiger charge is 2.18. The van der Waals surface area contributed by atoms with Gasteiger partial charge in [-0.1, -0.05) is 0 Å². The van der Waals surface area contributed by atoms with E-state index >= 15 is 0 Å². The van der Waals surface area contributed by atoms with Crippen LogP contribution in [0.5, 0.6) is 0 Å². The maximum atomic E-state index is 11.9. The van der Waals surface area contributed by atoms with Gasteiger partial charge in [0, 0.05) is 0 Å². The molecule has 1 rings (SSSR count). The van der Waals surface area contributed by atoms with Gasteiger partial charge in [0.25, 0.3) is 0 Å². The number of imidazole rings is 1. The van der Waals surface area contributed by atoms with Crippen molar-refractivity contribution in [1.29, 1.82) is 0 Å². The van der Waals surface area contributed by atoms with Gasteiger partial charge in [-0.25, -0.2) is 4.39 Å². The Morgan fingerprint density at radius 1 is 1.60 bits per heavy atom. The predicted molar refractivity (Wildman–Crippen MR) is 46.9 cm³/mol. The number of hydrogen-bond acceptors (Lipinski definition) is 5. The SMILES string of the molecule is O=[N+]([O-])c1cn(CC(O)C(O)C[18F])cn1. The zero-order chi connectivity index (χ0) is 11.4. The average molecular weight is 218 g/mol. The molecule has 2 atom stereocenters. The molecule has 0 aromatic carbocycles. The summed E-state index contributed by atoms with van der Waals surface area (Å²) >= 11 is 0. The molecule has 1 aromatic heterocycles. The number of alkyl halides is 1. The second kappa shape index (κ2) is 4.80. The van der Waals surface area contributed by atoms with Gasteiger partial charge in [0.2, 0.25) is 6.33 Å². The normalized spacial score (nSPS) is 14.9. The summed E-state index contributed by atoms with van der Waals surface area (Å²) in [5.74, 6) is -0.364. The van der Waals surface area contributed by atoms with Gasteiger partial charge in [0.15, 0.2) is 0 Å². The first-order valence-corrected chi connectivity index (χ1v) is 4.13. The maximum absolute atomic E-state index is 11.9. The van der Waals surface area contributed by atoms with Gasteiger partial charge >= 0.3 is 5.82 Å². The molecule has 8 heteroatoms. The zero-order valence-corrected chi connectivity index (χ0v) is 7.65. The van der Waals surface area contributed by atoms with Crippen LogP contribution in [0.15, 0.2) is 12.5 Å². The van der Waals surface area contributed by atoms with Crippen LogP contribution in [0.2, 0.25) is 0 Å². The highest BCUT2D eigenvalue weighted by molar-refractivity contribution is 5.12. The van der Waals surface area contributed by atoms with E-state index in [0.29, 0.717) is 0 Å². The first-order valence-electron chi connectivity index (χ1n) is 4.13. The summed E-state index contributed by atoms with van der Waals surface area (Å²) in [4.78, 5) is 13.0. The molecule has 1 heterocycles. The Morgan fingerprint density at radius 3 is 2.73 bits per heavy atom. The zero-order valence-electron chi connectivity index (χ0n) is 7.65. The third-order valence-corrected chi connectivity index (χ3v) is 1.81. The van der Waals surface area contributed by atoms with E-state index in [-0.39, 0.29) is 12.4 Å². The van der Waals surface area contributed by atoms with Gasteiger partial charge < -0.3 is 24.9 Å². The van der Waals surface area contributed by atoms with Crippen molar-refractivity contribution in [2.24, 2.45) is 0 Å². The van der Waals surface area contributed by atoms with Crippen molar-refractivity contribution in [3.8, 4) is 0 Å². The Hall–Kier alpha value is -1.54. The van der Waals surface area contributed by atoms with Gasteiger partial charge in [-0.3, -0.25) is 0 Å². The van der Waals surface area contributed by atoms with Crippen LogP contribution in [0.25, 0.3) is 0 Å². The number of aliphatic hydroxyl groups is 2. The highest BCUT2D eigenvalue weighted by atomic mass is 18.2. The van der Waals surface area contributed by atoms with E-state index < -0.39 is 23.8 Å². The van der Waals surface area contributed by atoms with E-state index in [4.69, 9.17) is 5.11 Å². The fourth-order valence-electron chi connectivity index (χ4n) is 0.983. The van der Waals surface area contributed by atoms with Crippen LogP contribution in [0, 0.1) is 10.1 Å². The van der Waals surface area contributed by atoms with Crippen LogP contribution in [0.3, 0.4) is 0 Å². The number of aliphatic hydroxyl groups excluding tert-OH is 2. The number of aromatic nitrogens is 2. The predicted octanol–water partition coefficient (Wildman–Crippen LogP) is -0.517. The lowest BCUT2D eigenvalue weighted by atomic mass is 10.2. The van der Waals surface area contributed by atoms with E-state index in [1.807, 2.05) is 0 Å². The van der Waals surface area contributed by atoms with Crippen LogP contribution < -0.4 is 0 Å². The smallest absolute Gasteiger partial charge is 0.381 e. The molecule has 0 saturated carbocycles. The number of halogens is 1. The number of hydrogen-bond donors (Lipinski definition) is 2. The van der Waals surface area contributed by atoms with Crippen molar-refractivity contribution in [1.82, 2.24) is 9.55 Å². The molecule has 0 saturated heterocycles. The van der Waals surface area contributed by atoms with Gasteiger partial charge in [0.1, 0.15) is 25.1 Å². The first-order chi connectivity index (χ1) is 7.04. The minimum absolute atomic E-state index is 0.147. The lowest BCUT2D eigenvalue weighted by Crippen LogP contribution is -2.31. The molecule has 84 valence electrons. The third-order valence-electron chi connectivity index (χ3n) is 1.81. The third kappa shape index (κ3) is 2.96. The molecule has 0 spiro atoms. The summed E-state index contributed by atoms with van der Waals surface area (Å²) in [5, 5.41) is 28.4. The lowest BCUT2D eigenvalue weighted by molar-refractivity contribution is -0.389. The van der Waals surface area contributed by atoms with E-state index in [0.717, 1.165) is 12.5 Å². The van der Waals surface area contributed by atoms with Gasteiger partial charge in [0.05, 0.1) is 6.54 Å². The number of rotatable bonds is 5. The van der Waals surface area contributed by atoms with E-state index in [2.05, 4.69) is 4.98 Å². The Kier molecular flexibility index (Phi) is 3.69. The van der Waals surface area contributed by atoms with E-state index in [1.165, 1.54) is 4.57 Å². The molecule has 2 N–H and O–H groups in total. The van der Waals surface area contributed by atoms with Crippen molar-refractivity contribution < 1.29 is 19.5 Å².